The van der Waals surface area contributed by atoms with Crippen LogP contribution in [0.3, 0.4) is 0 Å². The molecule has 90 valence electrons. The standard InChI is InChI=1S/C12H15BrO2.BrH/c13-9-11(12(14)15)8-4-7-10-5-2-1-3-6-10;/h1-3,5-6,11H,4,7-9H2,(H,14,15);1H. The maximum absolute atomic E-state index is 10.7. The fourth-order valence-electron chi connectivity index (χ4n) is 1.46. The van der Waals surface area contributed by atoms with Gasteiger partial charge in [0.1, 0.15) is 0 Å². The second-order valence-electron chi connectivity index (χ2n) is 3.57. The first-order valence-corrected chi connectivity index (χ1v) is 6.19. The Hall–Kier alpha value is -0.350. The summed E-state index contributed by atoms with van der Waals surface area (Å²) >= 11 is 3.22. The van der Waals surface area contributed by atoms with Crippen LogP contribution in [0.5, 0.6) is 0 Å². The van der Waals surface area contributed by atoms with Crippen LogP contribution in [-0.4, -0.2) is 16.4 Å². The molecule has 0 saturated heterocycles. The minimum Gasteiger partial charge on any atom is -0.481 e. The minimum atomic E-state index is -0.708. The van der Waals surface area contributed by atoms with Crippen LogP contribution in [-0.2, 0) is 11.2 Å². The van der Waals surface area contributed by atoms with E-state index >= 15 is 0 Å². The SMILES string of the molecule is Br.O=C(O)C(CBr)CCCc1ccccc1. The highest BCUT2D eigenvalue weighted by molar-refractivity contribution is 9.09. The molecule has 1 rings (SSSR count). The van der Waals surface area contributed by atoms with E-state index in [1.54, 1.807) is 0 Å². The van der Waals surface area contributed by atoms with Crippen LogP contribution in [0, 0.1) is 5.92 Å². The van der Waals surface area contributed by atoms with Crippen molar-refractivity contribution in [1.82, 2.24) is 0 Å². The van der Waals surface area contributed by atoms with E-state index in [-0.39, 0.29) is 22.9 Å². The van der Waals surface area contributed by atoms with Gasteiger partial charge in [0.15, 0.2) is 0 Å². The van der Waals surface area contributed by atoms with Gasteiger partial charge >= 0.3 is 5.97 Å². The first kappa shape index (κ1) is 15.7. The normalized spacial score (nSPS) is 11.6. The van der Waals surface area contributed by atoms with Crippen molar-refractivity contribution in [1.29, 1.82) is 0 Å². The lowest BCUT2D eigenvalue weighted by Crippen LogP contribution is -2.15. The first-order chi connectivity index (χ1) is 7.24. The smallest absolute Gasteiger partial charge is 0.307 e. The summed E-state index contributed by atoms with van der Waals surface area (Å²) in [6, 6.07) is 10.2. The summed E-state index contributed by atoms with van der Waals surface area (Å²) in [4.78, 5) is 10.7. The number of aryl methyl sites for hydroxylation is 1. The van der Waals surface area contributed by atoms with Crippen molar-refractivity contribution in [3.63, 3.8) is 0 Å². The maximum atomic E-state index is 10.7. The molecule has 1 unspecified atom stereocenters. The summed E-state index contributed by atoms with van der Waals surface area (Å²) in [5.74, 6) is -0.964. The van der Waals surface area contributed by atoms with E-state index in [1.807, 2.05) is 18.2 Å². The highest BCUT2D eigenvalue weighted by Gasteiger charge is 2.14. The minimum absolute atomic E-state index is 0. The second kappa shape index (κ2) is 8.76. The quantitative estimate of drug-likeness (QED) is 0.793. The third-order valence-electron chi connectivity index (χ3n) is 2.40. The second-order valence-corrected chi connectivity index (χ2v) is 4.21. The van der Waals surface area contributed by atoms with Crippen LogP contribution < -0.4 is 0 Å². The van der Waals surface area contributed by atoms with Gasteiger partial charge in [0.05, 0.1) is 5.92 Å². The van der Waals surface area contributed by atoms with E-state index < -0.39 is 5.97 Å². The van der Waals surface area contributed by atoms with E-state index in [2.05, 4.69) is 28.1 Å². The number of carbonyl (C=O) groups is 1. The van der Waals surface area contributed by atoms with Crippen molar-refractivity contribution in [2.75, 3.05) is 5.33 Å². The Morgan fingerprint density at radius 2 is 1.94 bits per heavy atom. The molecule has 0 radical (unpaired) electrons. The Morgan fingerprint density at radius 1 is 1.31 bits per heavy atom. The Morgan fingerprint density at radius 3 is 2.44 bits per heavy atom. The van der Waals surface area contributed by atoms with Gasteiger partial charge in [-0.15, -0.1) is 17.0 Å². The van der Waals surface area contributed by atoms with Gasteiger partial charge in [0.2, 0.25) is 0 Å². The number of rotatable bonds is 6. The number of carboxylic acids is 1. The molecule has 0 aliphatic heterocycles. The molecule has 1 aromatic carbocycles. The van der Waals surface area contributed by atoms with Crippen LogP contribution >= 0.6 is 32.9 Å². The van der Waals surface area contributed by atoms with Crippen molar-refractivity contribution in [2.24, 2.45) is 5.92 Å². The summed E-state index contributed by atoms with van der Waals surface area (Å²) < 4.78 is 0. The van der Waals surface area contributed by atoms with Crippen molar-refractivity contribution in [3.05, 3.63) is 35.9 Å². The van der Waals surface area contributed by atoms with E-state index in [4.69, 9.17) is 5.11 Å². The third kappa shape index (κ3) is 5.66. The fourth-order valence-corrected chi connectivity index (χ4v) is 2.06. The lowest BCUT2D eigenvalue weighted by Gasteiger charge is -2.08. The van der Waals surface area contributed by atoms with Crippen LogP contribution in [0.15, 0.2) is 30.3 Å². The Balaban J connectivity index is 0.00000225. The number of hydrogen-bond acceptors (Lipinski definition) is 1. The van der Waals surface area contributed by atoms with Gasteiger partial charge in [0, 0.05) is 5.33 Å². The molecule has 1 atom stereocenters. The van der Waals surface area contributed by atoms with Gasteiger partial charge in [-0.1, -0.05) is 46.3 Å². The summed E-state index contributed by atoms with van der Waals surface area (Å²) in [5.41, 5.74) is 1.27. The molecule has 0 fully saturated rings. The molecule has 0 aliphatic carbocycles. The topological polar surface area (TPSA) is 37.3 Å². The number of carboxylic acid groups (broad SMARTS) is 1. The predicted octanol–water partition coefficient (Wildman–Crippen LogP) is 3.68. The van der Waals surface area contributed by atoms with Gasteiger partial charge in [-0.05, 0) is 24.8 Å². The van der Waals surface area contributed by atoms with Crippen molar-refractivity contribution in [2.45, 2.75) is 19.3 Å². The highest BCUT2D eigenvalue weighted by Crippen LogP contribution is 2.13. The summed E-state index contributed by atoms with van der Waals surface area (Å²) in [7, 11) is 0. The molecule has 0 heterocycles. The molecule has 0 aliphatic rings. The van der Waals surface area contributed by atoms with Crippen LogP contribution in [0.25, 0.3) is 0 Å². The van der Waals surface area contributed by atoms with Crippen molar-refractivity contribution < 1.29 is 9.90 Å². The predicted molar refractivity (Wildman–Crippen MR) is 74.6 cm³/mol. The molecule has 1 N–H and O–H groups in total. The fraction of sp³-hybridized carbons (Fsp3) is 0.417. The van der Waals surface area contributed by atoms with Gasteiger partial charge in [-0.25, -0.2) is 0 Å². The molecule has 16 heavy (non-hydrogen) atoms. The Labute approximate surface area is 115 Å². The van der Waals surface area contributed by atoms with Crippen molar-refractivity contribution in [3.8, 4) is 0 Å². The van der Waals surface area contributed by atoms with Crippen LogP contribution in [0.1, 0.15) is 18.4 Å². The van der Waals surface area contributed by atoms with Gasteiger partial charge in [-0.3, -0.25) is 4.79 Å². The summed E-state index contributed by atoms with van der Waals surface area (Å²) in [5, 5.41) is 9.38. The van der Waals surface area contributed by atoms with Gasteiger partial charge < -0.3 is 5.11 Å². The molecule has 0 amide bonds. The molecule has 2 nitrogen and oxygen atoms in total. The molecule has 0 bridgehead atoms. The Bertz CT molecular complexity index is 301. The summed E-state index contributed by atoms with van der Waals surface area (Å²) in [6.07, 6.45) is 2.61. The van der Waals surface area contributed by atoms with Crippen LogP contribution in [0.2, 0.25) is 0 Å². The maximum Gasteiger partial charge on any atom is 0.307 e. The zero-order valence-electron chi connectivity index (χ0n) is 8.93. The van der Waals surface area contributed by atoms with Gasteiger partial charge in [-0.2, -0.15) is 0 Å². The molecule has 0 spiro atoms. The molecular formula is C12H16Br2O2. The van der Waals surface area contributed by atoms with E-state index in [0.29, 0.717) is 5.33 Å². The van der Waals surface area contributed by atoms with Crippen molar-refractivity contribution >= 4 is 38.9 Å². The summed E-state index contributed by atoms with van der Waals surface area (Å²) in [6.45, 7) is 0. The molecule has 0 aromatic heterocycles. The average molecular weight is 352 g/mol. The largest absolute Gasteiger partial charge is 0.481 e. The number of alkyl halides is 1. The number of hydrogen-bond donors (Lipinski definition) is 1. The van der Waals surface area contributed by atoms with E-state index in [1.165, 1.54) is 5.56 Å². The lowest BCUT2D eigenvalue weighted by atomic mass is 10.0. The number of aliphatic carboxylic acids is 1. The van der Waals surface area contributed by atoms with E-state index in [9.17, 15) is 4.79 Å². The zero-order chi connectivity index (χ0) is 11.1. The Kier molecular flexibility index (Phi) is 8.57. The molecular weight excluding hydrogens is 336 g/mol. The number of benzene rings is 1. The molecule has 1 aromatic rings. The monoisotopic (exact) mass is 350 g/mol. The molecule has 0 saturated carbocycles. The zero-order valence-corrected chi connectivity index (χ0v) is 12.2. The highest BCUT2D eigenvalue weighted by atomic mass is 79.9. The number of halogens is 2. The van der Waals surface area contributed by atoms with Crippen LogP contribution in [0.4, 0.5) is 0 Å². The van der Waals surface area contributed by atoms with E-state index in [0.717, 1.165) is 19.3 Å². The lowest BCUT2D eigenvalue weighted by molar-refractivity contribution is -0.141. The first-order valence-electron chi connectivity index (χ1n) is 5.06. The van der Waals surface area contributed by atoms with Gasteiger partial charge in [0.25, 0.3) is 0 Å². The third-order valence-corrected chi connectivity index (χ3v) is 3.18. The average Bonchev–Trinajstić information content (AvgIpc) is 2.25. The molecule has 4 heteroatoms.